The smallest absolute Gasteiger partial charge is 0.220 e. The summed E-state index contributed by atoms with van der Waals surface area (Å²) in [6, 6.07) is 0. The highest BCUT2D eigenvalue weighted by atomic mass is 32.2. The maximum absolute atomic E-state index is 11.8. The molecular weight excluding hydrogens is 246 g/mol. The quantitative estimate of drug-likeness (QED) is 0.678. The second-order valence-corrected chi connectivity index (χ2v) is 7.02. The first-order valence-electron chi connectivity index (χ1n) is 5.22. The van der Waals surface area contributed by atoms with E-state index < -0.39 is 10.0 Å². The van der Waals surface area contributed by atoms with Crippen molar-refractivity contribution in [2.75, 3.05) is 39.5 Å². The summed E-state index contributed by atoms with van der Waals surface area (Å²) in [5.41, 5.74) is 5.26. The summed E-state index contributed by atoms with van der Waals surface area (Å²) >= 11 is 4.63. The van der Waals surface area contributed by atoms with Crippen LogP contribution in [0, 0.1) is 5.92 Å². The second kappa shape index (κ2) is 5.39. The van der Waals surface area contributed by atoms with Crippen molar-refractivity contribution >= 4 is 27.2 Å². The molecule has 94 valence electrons. The Balaban J connectivity index is 2.51. The topological polar surface area (TPSA) is 66.6 Å². The lowest BCUT2D eigenvalue weighted by molar-refractivity contribution is 0.357. The second-order valence-electron chi connectivity index (χ2n) is 4.42. The molecule has 1 heterocycles. The van der Waals surface area contributed by atoms with Gasteiger partial charge in [0.05, 0.1) is 4.99 Å². The first kappa shape index (κ1) is 13.8. The molecule has 1 fully saturated rings. The van der Waals surface area contributed by atoms with Crippen molar-refractivity contribution < 1.29 is 8.42 Å². The van der Waals surface area contributed by atoms with E-state index in [9.17, 15) is 8.42 Å². The van der Waals surface area contributed by atoms with Crippen molar-refractivity contribution in [3.63, 3.8) is 0 Å². The molecule has 0 bridgehead atoms. The van der Waals surface area contributed by atoms with Gasteiger partial charge in [0.1, 0.15) is 5.75 Å². The summed E-state index contributed by atoms with van der Waals surface area (Å²) in [4.78, 5) is 2.23. The van der Waals surface area contributed by atoms with E-state index in [1.54, 1.807) is 7.05 Å². The minimum Gasteiger partial charge on any atom is -0.392 e. The number of rotatable bonds is 5. The lowest BCUT2D eigenvalue weighted by Gasteiger charge is -2.20. The van der Waals surface area contributed by atoms with Crippen molar-refractivity contribution in [2.45, 2.75) is 6.42 Å². The van der Waals surface area contributed by atoms with Crippen LogP contribution in [0.5, 0.6) is 0 Å². The summed E-state index contributed by atoms with van der Waals surface area (Å²) in [5.74, 6) is 0.178. The largest absolute Gasteiger partial charge is 0.392 e. The van der Waals surface area contributed by atoms with Gasteiger partial charge >= 0.3 is 0 Å². The highest BCUT2D eigenvalue weighted by Crippen LogP contribution is 2.16. The number of thiocarbonyl (C=S) groups is 1. The molecule has 2 N–H and O–H groups in total. The molecule has 7 heteroatoms. The molecule has 0 amide bonds. The normalized spacial score (nSPS) is 22.8. The van der Waals surface area contributed by atoms with Gasteiger partial charge in [0, 0.05) is 20.1 Å². The lowest BCUT2D eigenvalue weighted by atomic mass is 10.1. The third kappa shape index (κ3) is 3.97. The third-order valence-corrected chi connectivity index (χ3v) is 4.91. The molecule has 1 unspecified atom stereocenters. The Morgan fingerprint density at radius 1 is 1.62 bits per heavy atom. The summed E-state index contributed by atoms with van der Waals surface area (Å²) in [6.45, 7) is 2.54. The van der Waals surface area contributed by atoms with E-state index in [-0.39, 0.29) is 10.7 Å². The van der Waals surface area contributed by atoms with Crippen LogP contribution in [0.15, 0.2) is 0 Å². The van der Waals surface area contributed by atoms with Gasteiger partial charge < -0.3 is 10.6 Å². The highest BCUT2D eigenvalue weighted by molar-refractivity contribution is 7.92. The Hall–Kier alpha value is -0.240. The van der Waals surface area contributed by atoms with E-state index in [2.05, 4.69) is 17.1 Å². The van der Waals surface area contributed by atoms with Gasteiger partial charge in [0.25, 0.3) is 0 Å². The number of sulfonamides is 1. The van der Waals surface area contributed by atoms with Crippen LogP contribution < -0.4 is 5.73 Å². The van der Waals surface area contributed by atoms with Gasteiger partial charge in [-0.05, 0) is 25.9 Å². The summed E-state index contributed by atoms with van der Waals surface area (Å²) in [5, 5.41) is 0. The van der Waals surface area contributed by atoms with Crippen LogP contribution >= 0.6 is 12.2 Å². The van der Waals surface area contributed by atoms with Crippen molar-refractivity contribution in [2.24, 2.45) is 11.7 Å². The summed E-state index contributed by atoms with van der Waals surface area (Å²) in [7, 11) is 0.318. The minimum atomic E-state index is -3.32. The monoisotopic (exact) mass is 265 g/mol. The maximum atomic E-state index is 11.8. The molecule has 0 saturated carbocycles. The van der Waals surface area contributed by atoms with Crippen molar-refractivity contribution in [1.82, 2.24) is 9.21 Å². The van der Waals surface area contributed by atoms with E-state index in [4.69, 9.17) is 5.73 Å². The van der Waals surface area contributed by atoms with Gasteiger partial charge in [0.15, 0.2) is 0 Å². The average molecular weight is 265 g/mol. The van der Waals surface area contributed by atoms with Crippen LogP contribution in [0.4, 0.5) is 0 Å². The molecule has 5 nitrogen and oxygen atoms in total. The van der Waals surface area contributed by atoms with E-state index in [0.29, 0.717) is 12.5 Å². The van der Waals surface area contributed by atoms with Crippen molar-refractivity contribution in [3.8, 4) is 0 Å². The fraction of sp³-hybridized carbons (Fsp3) is 0.889. The van der Waals surface area contributed by atoms with Crippen molar-refractivity contribution in [1.29, 1.82) is 0 Å². The molecule has 0 radical (unpaired) electrons. The Labute approximate surface area is 103 Å². The van der Waals surface area contributed by atoms with Gasteiger partial charge in [0.2, 0.25) is 10.0 Å². The van der Waals surface area contributed by atoms with Gasteiger partial charge in [-0.2, -0.15) is 0 Å². The van der Waals surface area contributed by atoms with Gasteiger partial charge in [-0.3, -0.25) is 0 Å². The molecule has 1 aliphatic rings. The van der Waals surface area contributed by atoms with E-state index >= 15 is 0 Å². The van der Waals surface area contributed by atoms with Crippen LogP contribution in [0.2, 0.25) is 0 Å². The van der Waals surface area contributed by atoms with Gasteiger partial charge in [-0.1, -0.05) is 12.2 Å². The predicted molar refractivity (Wildman–Crippen MR) is 68.8 cm³/mol. The van der Waals surface area contributed by atoms with Crippen LogP contribution in [0.1, 0.15) is 6.42 Å². The zero-order valence-electron chi connectivity index (χ0n) is 9.72. The number of nitrogens with two attached hydrogens (primary N) is 1. The van der Waals surface area contributed by atoms with Crippen molar-refractivity contribution in [3.05, 3.63) is 0 Å². The van der Waals surface area contributed by atoms with E-state index in [0.717, 1.165) is 19.5 Å². The van der Waals surface area contributed by atoms with Gasteiger partial charge in [-0.25, -0.2) is 12.7 Å². The van der Waals surface area contributed by atoms with Crippen LogP contribution in [0.3, 0.4) is 0 Å². The van der Waals surface area contributed by atoms with Crippen LogP contribution in [-0.2, 0) is 10.0 Å². The number of hydrogen-bond donors (Lipinski definition) is 1. The summed E-state index contributed by atoms with van der Waals surface area (Å²) in [6.07, 6.45) is 1.05. The third-order valence-electron chi connectivity index (χ3n) is 2.80. The fourth-order valence-corrected chi connectivity index (χ4v) is 3.41. The number of likely N-dealkylation sites (tertiary alicyclic amines) is 1. The average Bonchev–Trinajstić information content (AvgIpc) is 2.48. The zero-order valence-corrected chi connectivity index (χ0v) is 11.4. The standard InChI is InChI=1S/C9H19N3O2S2/c1-11-4-3-8(5-11)6-12(2)16(13,14)7-9(10)15/h8H,3-7H2,1-2H3,(H2,10,15). The number of nitrogens with zero attached hydrogens (tertiary/aromatic N) is 2. The Bertz CT molecular complexity index is 356. The van der Waals surface area contributed by atoms with Gasteiger partial charge in [-0.15, -0.1) is 0 Å². The van der Waals surface area contributed by atoms with E-state index in [1.165, 1.54) is 4.31 Å². The number of hydrogen-bond acceptors (Lipinski definition) is 4. The molecule has 0 aromatic carbocycles. The Morgan fingerprint density at radius 2 is 2.25 bits per heavy atom. The molecule has 16 heavy (non-hydrogen) atoms. The van der Waals surface area contributed by atoms with Crippen LogP contribution in [-0.4, -0.2) is 62.1 Å². The molecule has 0 spiro atoms. The molecule has 0 aliphatic carbocycles. The first-order valence-corrected chi connectivity index (χ1v) is 7.24. The predicted octanol–water partition coefficient (Wildman–Crippen LogP) is -0.514. The molecule has 0 aromatic heterocycles. The zero-order chi connectivity index (χ0) is 12.3. The first-order chi connectivity index (χ1) is 7.31. The molecular formula is C9H19N3O2S2. The highest BCUT2D eigenvalue weighted by Gasteiger charge is 2.26. The van der Waals surface area contributed by atoms with Crippen LogP contribution in [0.25, 0.3) is 0 Å². The lowest BCUT2D eigenvalue weighted by Crippen LogP contribution is -2.37. The SMILES string of the molecule is CN1CCC(CN(C)S(=O)(=O)CC(N)=S)C1. The Morgan fingerprint density at radius 3 is 2.69 bits per heavy atom. The molecule has 1 saturated heterocycles. The Kier molecular flexibility index (Phi) is 4.66. The molecule has 1 rings (SSSR count). The van der Waals surface area contributed by atoms with E-state index in [1.807, 2.05) is 7.05 Å². The molecule has 1 aliphatic heterocycles. The maximum Gasteiger partial charge on any atom is 0.220 e. The fourth-order valence-electron chi connectivity index (χ4n) is 1.94. The molecule has 1 atom stereocenters. The minimum absolute atomic E-state index is 0.0235. The molecule has 0 aromatic rings. The summed E-state index contributed by atoms with van der Waals surface area (Å²) < 4.78 is 24.9.